The fourth-order valence-corrected chi connectivity index (χ4v) is 1.67. The van der Waals surface area contributed by atoms with Crippen LogP contribution in [0, 0.1) is 5.82 Å². The van der Waals surface area contributed by atoms with E-state index in [1.807, 2.05) is 0 Å². The number of aliphatic hydroxyl groups excluding tert-OH is 2. The Kier molecular flexibility index (Phi) is 5.21. The molecule has 0 heterocycles. The van der Waals surface area contributed by atoms with Gasteiger partial charge in [-0.05, 0) is 26.1 Å². The highest BCUT2D eigenvalue weighted by molar-refractivity contribution is 5.89. The number of rotatable bonds is 6. The van der Waals surface area contributed by atoms with E-state index in [9.17, 15) is 19.4 Å². The van der Waals surface area contributed by atoms with Crippen LogP contribution >= 0.6 is 0 Å². The number of hydrogen-bond donors (Lipinski definition) is 4. The summed E-state index contributed by atoms with van der Waals surface area (Å²) in [6.45, 7) is 0.454. The predicted molar refractivity (Wildman–Crippen MR) is 62.9 cm³/mol. The number of halogens is 1. The van der Waals surface area contributed by atoms with Crippen LogP contribution in [0.15, 0.2) is 18.2 Å². The van der Waals surface area contributed by atoms with Crippen molar-refractivity contribution in [2.24, 2.45) is 0 Å². The van der Waals surface area contributed by atoms with Gasteiger partial charge in [-0.3, -0.25) is 0 Å². The lowest BCUT2D eigenvalue weighted by molar-refractivity contribution is 0.0129. The zero-order valence-electron chi connectivity index (χ0n) is 9.93. The van der Waals surface area contributed by atoms with Crippen LogP contribution in [0.5, 0.6) is 0 Å². The van der Waals surface area contributed by atoms with Gasteiger partial charge in [0.2, 0.25) is 0 Å². The molecule has 0 aliphatic heterocycles. The van der Waals surface area contributed by atoms with Crippen molar-refractivity contribution in [3.8, 4) is 0 Å². The summed E-state index contributed by atoms with van der Waals surface area (Å²) in [4.78, 5) is 10.9. The van der Waals surface area contributed by atoms with E-state index in [-0.39, 0.29) is 12.0 Å². The first-order valence-corrected chi connectivity index (χ1v) is 5.51. The topological polar surface area (TPSA) is 89.8 Å². The molecule has 0 aliphatic carbocycles. The van der Waals surface area contributed by atoms with Crippen molar-refractivity contribution in [3.63, 3.8) is 0 Å². The van der Waals surface area contributed by atoms with Crippen molar-refractivity contribution >= 4 is 5.97 Å². The fourth-order valence-electron chi connectivity index (χ4n) is 1.67. The molecule has 1 rings (SSSR count). The van der Waals surface area contributed by atoms with Crippen molar-refractivity contribution in [3.05, 3.63) is 35.1 Å². The molecule has 0 saturated heterocycles. The molecule has 2 atom stereocenters. The molecule has 0 aliphatic rings. The molecule has 100 valence electrons. The van der Waals surface area contributed by atoms with Crippen LogP contribution in [0.2, 0.25) is 0 Å². The van der Waals surface area contributed by atoms with Crippen LogP contribution in [-0.4, -0.2) is 41.0 Å². The molecule has 0 saturated carbocycles. The Morgan fingerprint density at radius 3 is 2.67 bits per heavy atom. The van der Waals surface area contributed by atoms with E-state index in [1.54, 1.807) is 7.05 Å². The Morgan fingerprint density at radius 2 is 2.11 bits per heavy atom. The van der Waals surface area contributed by atoms with E-state index < -0.39 is 29.6 Å². The van der Waals surface area contributed by atoms with Crippen molar-refractivity contribution in [2.45, 2.75) is 18.6 Å². The van der Waals surface area contributed by atoms with E-state index in [4.69, 9.17) is 5.11 Å². The number of aliphatic hydroxyl groups is 2. The van der Waals surface area contributed by atoms with Crippen LogP contribution in [0.3, 0.4) is 0 Å². The highest BCUT2D eigenvalue weighted by atomic mass is 19.1. The monoisotopic (exact) mass is 257 g/mol. The van der Waals surface area contributed by atoms with E-state index in [0.717, 1.165) is 6.07 Å². The first kappa shape index (κ1) is 14.6. The Balaban J connectivity index is 3.01. The summed E-state index contributed by atoms with van der Waals surface area (Å²) in [7, 11) is 1.68. The number of aromatic carboxylic acids is 1. The van der Waals surface area contributed by atoms with Crippen molar-refractivity contribution in [1.82, 2.24) is 5.32 Å². The minimum Gasteiger partial charge on any atom is -0.478 e. The summed E-state index contributed by atoms with van der Waals surface area (Å²) in [5.74, 6) is -2.40. The van der Waals surface area contributed by atoms with Gasteiger partial charge in [0.15, 0.2) is 0 Å². The van der Waals surface area contributed by atoms with Gasteiger partial charge >= 0.3 is 5.97 Å². The largest absolute Gasteiger partial charge is 0.478 e. The number of carboxylic acid groups (broad SMARTS) is 1. The molecule has 0 aromatic heterocycles. The van der Waals surface area contributed by atoms with Crippen LogP contribution in [0.25, 0.3) is 0 Å². The first-order valence-electron chi connectivity index (χ1n) is 5.51. The van der Waals surface area contributed by atoms with Crippen molar-refractivity contribution in [2.75, 3.05) is 13.6 Å². The third-order valence-electron chi connectivity index (χ3n) is 2.63. The average Bonchev–Trinajstić information content (AvgIpc) is 2.34. The molecule has 0 amide bonds. The molecule has 0 fully saturated rings. The average molecular weight is 257 g/mol. The maximum absolute atomic E-state index is 13.4. The third kappa shape index (κ3) is 3.25. The minimum atomic E-state index is -1.47. The van der Waals surface area contributed by atoms with Gasteiger partial charge in [-0.25, -0.2) is 9.18 Å². The maximum atomic E-state index is 13.4. The second kappa shape index (κ2) is 6.44. The summed E-state index contributed by atoms with van der Waals surface area (Å²) in [5, 5.41) is 31.3. The lowest BCUT2D eigenvalue weighted by Crippen LogP contribution is -2.25. The van der Waals surface area contributed by atoms with Gasteiger partial charge in [-0.1, -0.05) is 12.1 Å². The molecule has 0 spiro atoms. The van der Waals surface area contributed by atoms with Gasteiger partial charge in [0.05, 0.1) is 6.10 Å². The van der Waals surface area contributed by atoms with Crippen LogP contribution in [0.4, 0.5) is 4.39 Å². The molecule has 4 N–H and O–H groups in total. The lowest BCUT2D eigenvalue weighted by Gasteiger charge is -2.19. The van der Waals surface area contributed by atoms with Gasteiger partial charge in [0, 0.05) is 5.56 Å². The Bertz CT molecular complexity index is 425. The second-order valence-electron chi connectivity index (χ2n) is 3.91. The molecular weight excluding hydrogens is 241 g/mol. The smallest absolute Gasteiger partial charge is 0.339 e. The van der Waals surface area contributed by atoms with Crippen LogP contribution < -0.4 is 5.32 Å². The summed E-state index contributed by atoms with van der Waals surface area (Å²) in [6, 6.07) is 3.59. The van der Waals surface area contributed by atoms with Gasteiger partial charge in [-0.2, -0.15) is 0 Å². The highest BCUT2D eigenvalue weighted by Gasteiger charge is 2.25. The molecule has 5 nitrogen and oxygen atoms in total. The molecule has 1 aromatic rings. The Morgan fingerprint density at radius 1 is 1.44 bits per heavy atom. The molecule has 2 unspecified atom stereocenters. The molecule has 0 bridgehead atoms. The van der Waals surface area contributed by atoms with Gasteiger partial charge in [-0.15, -0.1) is 0 Å². The first-order chi connectivity index (χ1) is 8.49. The SMILES string of the molecule is CNCCC(O)C(O)c1cccc(F)c1C(=O)O. The van der Waals surface area contributed by atoms with E-state index in [0.29, 0.717) is 6.54 Å². The summed E-state index contributed by atoms with van der Waals surface area (Å²) in [5.41, 5.74) is -0.723. The number of carbonyl (C=O) groups is 1. The molecule has 0 radical (unpaired) electrons. The predicted octanol–water partition coefficient (Wildman–Crippen LogP) is 0.528. The normalized spacial score (nSPS) is 14.2. The summed E-state index contributed by atoms with van der Waals surface area (Å²) < 4.78 is 13.4. The Labute approximate surface area is 104 Å². The van der Waals surface area contributed by atoms with Crippen LogP contribution in [-0.2, 0) is 0 Å². The fraction of sp³-hybridized carbons (Fsp3) is 0.417. The maximum Gasteiger partial charge on any atom is 0.339 e. The number of benzene rings is 1. The molecular formula is C12H16FNO4. The van der Waals surface area contributed by atoms with E-state index >= 15 is 0 Å². The molecule has 1 aromatic carbocycles. The highest BCUT2D eigenvalue weighted by Crippen LogP contribution is 2.24. The minimum absolute atomic E-state index is 0.119. The van der Waals surface area contributed by atoms with E-state index in [2.05, 4.69) is 5.32 Å². The summed E-state index contributed by atoms with van der Waals surface area (Å²) >= 11 is 0. The quantitative estimate of drug-likeness (QED) is 0.597. The molecule has 6 heteroatoms. The number of nitrogens with one attached hydrogen (secondary N) is 1. The third-order valence-corrected chi connectivity index (χ3v) is 2.63. The molecule has 18 heavy (non-hydrogen) atoms. The van der Waals surface area contributed by atoms with Gasteiger partial charge < -0.3 is 20.6 Å². The van der Waals surface area contributed by atoms with Crippen molar-refractivity contribution < 1.29 is 24.5 Å². The van der Waals surface area contributed by atoms with E-state index in [1.165, 1.54) is 12.1 Å². The van der Waals surface area contributed by atoms with Gasteiger partial charge in [0.1, 0.15) is 17.5 Å². The van der Waals surface area contributed by atoms with Crippen molar-refractivity contribution in [1.29, 1.82) is 0 Å². The zero-order chi connectivity index (χ0) is 13.7. The summed E-state index contributed by atoms with van der Waals surface area (Å²) in [6.07, 6.45) is -2.36. The zero-order valence-corrected chi connectivity index (χ0v) is 9.93. The lowest BCUT2D eigenvalue weighted by atomic mass is 9.96. The standard InChI is InChI=1S/C12H16FNO4/c1-14-6-5-9(15)11(16)7-3-2-4-8(13)10(7)12(17)18/h2-4,9,11,14-16H,5-6H2,1H3,(H,17,18). The van der Waals surface area contributed by atoms with Crippen LogP contribution in [0.1, 0.15) is 28.4 Å². The second-order valence-corrected chi connectivity index (χ2v) is 3.91. The Hall–Kier alpha value is -1.50. The van der Waals surface area contributed by atoms with Gasteiger partial charge in [0.25, 0.3) is 0 Å². The number of carboxylic acids is 1. The number of hydrogen-bond acceptors (Lipinski definition) is 4.